The number of methoxy groups -OCH3 is 1. The number of carbonyl (C=O) groups is 2. The quantitative estimate of drug-likeness (QED) is 0.279. The molecule has 0 spiro atoms. The van der Waals surface area contributed by atoms with Gasteiger partial charge in [0.2, 0.25) is 0 Å². The van der Waals surface area contributed by atoms with Crippen LogP contribution in [0.3, 0.4) is 0 Å². The Bertz CT molecular complexity index is 1440. The summed E-state index contributed by atoms with van der Waals surface area (Å²) in [5.41, 5.74) is 2.27. The number of rotatable bonds is 7. The number of aliphatic imine (C=N–C) groups is 1. The van der Waals surface area contributed by atoms with Crippen molar-refractivity contribution in [3.63, 3.8) is 0 Å². The molecule has 3 aromatic rings. The third-order valence-corrected chi connectivity index (χ3v) is 7.65. The number of hydrogen-bond acceptors (Lipinski definition) is 6. The first-order valence-corrected chi connectivity index (χ1v) is 13.1. The van der Waals surface area contributed by atoms with Crippen LogP contribution in [-0.2, 0) is 11.4 Å². The predicted molar refractivity (Wildman–Crippen MR) is 150 cm³/mol. The van der Waals surface area contributed by atoms with Crippen LogP contribution < -0.4 is 9.47 Å². The Morgan fingerprint density at radius 1 is 1.14 bits per heavy atom. The summed E-state index contributed by atoms with van der Waals surface area (Å²) in [5, 5.41) is 10.4. The van der Waals surface area contributed by atoms with E-state index in [0.717, 1.165) is 11.1 Å². The maximum atomic E-state index is 12.9. The molecule has 190 valence electrons. The molecule has 0 aromatic heterocycles. The number of thioether (sulfide) groups is 1. The van der Waals surface area contributed by atoms with E-state index in [4.69, 9.17) is 37.8 Å². The number of hydrogen-bond donors (Lipinski definition) is 1. The van der Waals surface area contributed by atoms with E-state index in [1.165, 1.54) is 35.9 Å². The van der Waals surface area contributed by atoms with Crippen LogP contribution in [-0.4, -0.2) is 41.2 Å². The molecule has 4 rings (SSSR count). The molecule has 1 amide bonds. The Balaban J connectivity index is 1.55. The number of aromatic carboxylic acids is 1. The summed E-state index contributed by atoms with van der Waals surface area (Å²) in [6.45, 7) is 0.249. The van der Waals surface area contributed by atoms with Crippen LogP contribution in [0.4, 0.5) is 5.69 Å². The molecule has 1 heterocycles. The van der Waals surface area contributed by atoms with E-state index in [-0.39, 0.29) is 18.1 Å². The van der Waals surface area contributed by atoms with Crippen molar-refractivity contribution < 1.29 is 24.2 Å². The van der Waals surface area contributed by atoms with E-state index in [0.29, 0.717) is 41.8 Å². The molecule has 0 aliphatic carbocycles. The molecule has 0 unspecified atom stereocenters. The van der Waals surface area contributed by atoms with Crippen molar-refractivity contribution in [2.45, 2.75) is 6.61 Å². The first kappa shape index (κ1) is 27.1. The minimum Gasteiger partial charge on any atom is -0.493 e. The summed E-state index contributed by atoms with van der Waals surface area (Å²) >= 11 is 16.8. The fourth-order valence-electron chi connectivity index (χ4n) is 3.34. The second kappa shape index (κ2) is 11.6. The average molecular weight is 622 g/mol. The Labute approximate surface area is 235 Å². The summed E-state index contributed by atoms with van der Waals surface area (Å²) in [6.07, 6.45) is 1.75. The molecule has 11 heteroatoms. The summed E-state index contributed by atoms with van der Waals surface area (Å²) in [5.74, 6) is -0.233. The van der Waals surface area contributed by atoms with E-state index in [1.54, 1.807) is 43.5 Å². The van der Waals surface area contributed by atoms with Crippen LogP contribution in [0.25, 0.3) is 6.08 Å². The zero-order valence-corrected chi connectivity index (χ0v) is 23.4. The van der Waals surface area contributed by atoms with Crippen LogP contribution in [0, 0.1) is 0 Å². The molecule has 7 nitrogen and oxygen atoms in total. The number of carbonyl (C=O) groups excluding carboxylic acids is 1. The third kappa shape index (κ3) is 6.30. The molecule has 1 saturated heterocycles. The molecule has 37 heavy (non-hydrogen) atoms. The number of likely N-dealkylation sites (N-methyl/N-ethyl adjacent to an activating group) is 1. The van der Waals surface area contributed by atoms with E-state index >= 15 is 0 Å². The predicted octanol–water partition coefficient (Wildman–Crippen LogP) is 7.28. The molecule has 1 aliphatic rings. The molecule has 0 bridgehead atoms. The van der Waals surface area contributed by atoms with Gasteiger partial charge in [-0.2, -0.15) is 0 Å². The highest BCUT2D eigenvalue weighted by Crippen LogP contribution is 2.40. The van der Waals surface area contributed by atoms with Gasteiger partial charge < -0.3 is 14.6 Å². The number of amidine groups is 1. The molecule has 1 N–H and O–H groups in total. The van der Waals surface area contributed by atoms with E-state index in [1.807, 2.05) is 12.1 Å². The van der Waals surface area contributed by atoms with Crippen molar-refractivity contribution in [3.8, 4) is 11.5 Å². The fourth-order valence-corrected chi connectivity index (χ4v) is 5.22. The zero-order valence-electron chi connectivity index (χ0n) is 19.5. The maximum Gasteiger partial charge on any atom is 0.335 e. The SMILES string of the molecule is COc1cc(C=C2SC(=Nc3ccc(C(=O)O)cc3)N(C)C2=O)cc(Br)c1OCc1ccc(Cl)c(Cl)c1. The monoisotopic (exact) mass is 620 g/mol. The van der Waals surface area contributed by atoms with Gasteiger partial charge >= 0.3 is 5.97 Å². The summed E-state index contributed by atoms with van der Waals surface area (Å²) in [6, 6.07) is 15.0. The largest absolute Gasteiger partial charge is 0.493 e. The first-order valence-electron chi connectivity index (χ1n) is 10.7. The molecule has 3 aromatic carbocycles. The van der Waals surface area contributed by atoms with E-state index < -0.39 is 5.97 Å². The lowest BCUT2D eigenvalue weighted by Gasteiger charge is -2.14. The van der Waals surface area contributed by atoms with Gasteiger partial charge in [-0.25, -0.2) is 9.79 Å². The summed E-state index contributed by atoms with van der Waals surface area (Å²) in [7, 11) is 3.17. The fraction of sp³-hybridized carbons (Fsp3) is 0.115. The second-order valence-corrected chi connectivity index (χ2v) is 10.5. The lowest BCUT2D eigenvalue weighted by Crippen LogP contribution is -2.23. The van der Waals surface area contributed by atoms with Gasteiger partial charge in [0, 0.05) is 7.05 Å². The molecule has 1 aliphatic heterocycles. The van der Waals surface area contributed by atoms with Gasteiger partial charge in [-0.05, 0) is 93.4 Å². The van der Waals surface area contributed by atoms with Crippen LogP contribution in [0.2, 0.25) is 10.0 Å². The number of ether oxygens (including phenoxy) is 2. The molecule has 0 atom stereocenters. The van der Waals surface area contributed by atoms with Gasteiger partial charge in [-0.15, -0.1) is 0 Å². The minimum atomic E-state index is -1.01. The van der Waals surface area contributed by atoms with Gasteiger partial charge in [-0.3, -0.25) is 9.69 Å². The Morgan fingerprint density at radius 2 is 1.86 bits per heavy atom. The van der Waals surface area contributed by atoms with Crippen molar-refractivity contribution in [2.24, 2.45) is 4.99 Å². The standard InChI is InChI=1S/C26H19BrCl2N2O5S/c1-31-24(32)22(37-26(31)30-17-6-4-16(5-7-17)25(33)34)12-15-9-18(27)23(21(11-15)35-2)36-13-14-3-8-19(28)20(29)10-14/h3-12H,13H2,1-2H3,(H,33,34). The summed E-state index contributed by atoms with van der Waals surface area (Å²) in [4.78, 5) is 30.3. The van der Waals surface area contributed by atoms with Crippen molar-refractivity contribution in [1.82, 2.24) is 4.90 Å². The maximum absolute atomic E-state index is 12.9. The van der Waals surface area contributed by atoms with Gasteiger partial charge in [-0.1, -0.05) is 29.3 Å². The topological polar surface area (TPSA) is 88.4 Å². The minimum absolute atomic E-state index is 0.164. The molecule has 0 radical (unpaired) electrons. The lowest BCUT2D eigenvalue weighted by molar-refractivity contribution is -0.121. The molecule has 1 fully saturated rings. The van der Waals surface area contributed by atoms with Crippen molar-refractivity contribution in [2.75, 3.05) is 14.2 Å². The Morgan fingerprint density at radius 3 is 2.51 bits per heavy atom. The highest BCUT2D eigenvalue weighted by Gasteiger charge is 2.30. The number of nitrogens with zero attached hydrogens (tertiary/aromatic N) is 2. The van der Waals surface area contributed by atoms with Crippen molar-refractivity contribution in [1.29, 1.82) is 0 Å². The van der Waals surface area contributed by atoms with Crippen LogP contribution in [0.5, 0.6) is 11.5 Å². The number of carboxylic acid groups (broad SMARTS) is 1. The van der Waals surface area contributed by atoms with Crippen molar-refractivity contribution in [3.05, 3.63) is 90.7 Å². The highest BCUT2D eigenvalue weighted by molar-refractivity contribution is 9.10. The van der Waals surface area contributed by atoms with Gasteiger partial charge in [0.05, 0.1) is 37.8 Å². The first-order chi connectivity index (χ1) is 17.7. The van der Waals surface area contributed by atoms with Crippen LogP contribution in [0.1, 0.15) is 21.5 Å². The smallest absolute Gasteiger partial charge is 0.335 e. The van der Waals surface area contributed by atoms with Gasteiger partial charge in [0.15, 0.2) is 16.7 Å². The lowest BCUT2D eigenvalue weighted by atomic mass is 10.1. The molecular weight excluding hydrogens is 603 g/mol. The average Bonchev–Trinajstić information content (AvgIpc) is 3.13. The zero-order chi connectivity index (χ0) is 26.7. The van der Waals surface area contributed by atoms with E-state index in [2.05, 4.69) is 20.9 Å². The number of amides is 1. The number of carboxylic acids is 1. The highest BCUT2D eigenvalue weighted by atomic mass is 79.9. The number of benzene rings is 3. The number of halogens is 3. The molecular formula is C26H19BrCl2N2O5S. The van der Waals surface area contributed by atoms with Gasteiger partial charge in [0.25, 0.3) is 5.91 Å². The molecule has 0 saturated carbocycles. The van der Waals surface area contributed by atoms with Crippen molar-refractivity contribution >= 4 is 79.7 Å². The normalized spacial score (nSPS) is 15.5. The van der Waals surface area contributed by atoms with Crippen LogP contribution >= 0.6 is 50.9 Å². The Kier molecular flexibility index (Phi) is 8.49. The summed E-state index contributed by atoms with van der Waals surface area (Å²) < 4.78 is 12.2. The Hall–Kier alpha value is -2.98. The van der Waals surface area contributed by atoms with Gasteiger partial charge in [0.1, 0.15) is 6.61 Å². The third-order valence-electron chi connectivity index (χ3n) is 5.26. The van der Waals surface area contributed by atoms with Crippen LogP contribution in [0.15, 0.2) is 69.0 Å². The second-order valence-electron chi connectivity index (χ2n) is 7.79. The van der Waals surface area contributed by atoms with E-state index in [9.17, 15) is 9.59 Å².